The highest BCUT2D eigenvalue weighted by Crippen LogP contribution is 2.24. The monoisotopic (exact) mass is 396 g/mol. The number of carboxylic acid groups (broad SMARTS) is 1. The average molecular weight is 396 g/mol. The molecule has 0 aliphatic carbocycles. The first-order chi connectivity index (χ1) is 12.7. The molecule has 0 saturated carbocycles. The Bertz CT molecular complexity index is 798. The Labute approximate surface area is 157 Å². The van der Waals surface area contributed by atoms with Crippen LogP contribution in [0.1, 0.15) is 26.2 Å². The smallest absolute Gasteiger partial charge is 0.243 e. The molecule has 148 valence electrons. The van der Waals surface area contributed by atoms with E-state index in [2.05, 4.69) is 10.6 Å². The van der Waals surface area contributed by atoms with Crippen LogP contribution in [0.4, 0.5) is 5.69 Å². The minimum absolute atomic E-state index is 0.000324. The van der Waals surface area contributed by atoms with Crippen molar-refractivity contribution in [3.63, 3.8) is 0 Å². The first kappa shape index (κ1) is 20.8. The highest BCUT2D eigenvalue weighted by atomic mass is 32.2. The molecule has 10 heteroatoms. The van der Waals surface area contributed by atoms with Crippen molar-refractivity contribution < 1.29 is 27.9 Å². The molecule has 0 aromatic heterocycles. The quantitative estimate of drug-likeness (QED) is 0.626. The zero-order chi connectivity index (χ0) is 20.0. The molecule has 1 aromatic rings. The average Bonchev–Trinajstić information content (AvgIpc) is 2.61. The largest absolute Gasteiger partial charge is 0.550 e. The Morgan fingerprint density at radius 2 is 1.74 bits per heavy atom. The minimum atomic E-state index is -3.68. The van der Waals surface area contributed by atoms with Gasteiger partial charge in [0.2, 0.25) is 21.8 Å². The van der Waals surface area contributed by atoms with Gasteiger partial charge in [0, 0.05) is 50.6 Å². The van der Waals surface area contributed by atoms with E-state index in [0.29, 0.717) is 18.5 Å². The van der Waals surface area contributed by atoms with Crippen molar-refractivity contribution in [2.24, 2.45) is 5.92 Å². The first-order valence-electron chi connectivity index (χ1n) is 8.55. The molecule has 2 rings (SSSR count). The van der Waals surface area contributed by atoms with Gasteiger partial charge in [-0.15, -0.1) is 0 Å². The zero-order valence-electron chi connectivity index (χ0n) is 14.9. The van der Waals surface area contributed by atoms with Gasteiger partial charge in [-0.1, -0.05) is 0 Å². The van der Waals surface area contributed by atoms with E-state index in [9.17, 15) is 27.9 Å². The second-order valence-electron chi connectivity index (χ2n) is 6.30. The highest BCUT2D eigenvalue weighted by molar-refractivity contribution is 7.89. The number of benzene rings is 1. The number of amides is 2. The summed E-state index contributed by atoms with van der Waals surface area (Å²) in [6.07, 6.45) is 0.466. The van der Waals surface area contributed by atoms with Crippen molar-refractivity contribution >= 4 is 33.5 Å². The number of sulfonamides is 1. The first-order valence-corrected chi connectivity index (χ1v) is 9.99. The van der Waals surface area contributed by atoms with E-state index in [1.165, 1.54) is 35.5 Å². The lowest BCUT2D eigenvalue weighted by Gasteiger charge is -2.30. The van der Waals surface area contributed by atoms with Crippen molar-refractivity contribution in [2.75, 3.05) is 25.0 Å². The number of nitrogens with zero attached hydrogens (tertiary/aromatic N) is 1. The lowest BCUT2D eigenvalue weighted by Crippen LogP contribution is -2.43. The van der Waals surface area contributed by atoms with E-state index < -0.39 is 16.0 Å². The fourth-order valence-corrected chi connectivity index (χ4v) is 4.32. The van der Waals surface area contributed by atoms with Crippen LogP contribution in [-0.4, -0.2) is 50.1 Å². The van der Waals surface area contributed by atoms with Gasteiger partial charge in [0.05, 0.1) is 4.90 Å². The van der Waals surface area contributed by atoms with Crippen LogP contribution in [-0.2, 0) is 24.4 Å². The van der Waals surface area contributed by atoms with Crippen LogP contribution in [0.25, 0.3) is 0 Å². The van der Waals surface area contributed by atoms with Crippen molar-refractivity contribution in [3.8, 4) is 0 Å². The van der Waals surface area contributed by atoms with Crippen LogP contribution in [0.5, 0.6) is 0 Å². The van der Waals surface area contributed by atoms with Crippen LogP contribution in [0.2, 0.25) is 0 Å². The Hall–Kier alpha value is -2.46. The summed E-state index contributed by atoms with van der Waals surface area (Å²) in [6, 6.07) is 5.90. The second kappa shape index (κ2) is 8.96. The lowest BCUT2D eigenvalue weighted by molar-refractivity contribution is -0.305. The maximum atomic E-state index is 12.7. The molecule has 9 nitrogen and oxygen atoms in total. The van der Waals surface area contributed by atoms with Crippen LogP contribution >= 0.6 is 0 Å². The van der Waals surface area contributed by atoms with E-state index >= 15 is 0 Å². The minimum Gasteiger partial charge on any atom is -0.550 e. The van der Waals surface area contributed by atoms with Crippen molar-refractivity contribution in [3.05, 3.63) is 24.3 Å². The molecule has 2 amide bonds. The Kier molecular flexibility index (Phi) is 6.92. The SMILES string of the molecule is CC(=O)Nc1ccc(S(=O)(=O)N2CCC(C(=O)NCCC(=O)[O-])CC2)cc1. The van der Waals surface area contributed by atoms with E-state index in [-0.39, 0.29) is 48.7 Å². The van der Waals surface area contributed by atoms with Gasteiger partial charge >= 0.3 is 0 Å². The fraction of sp³-hybridized carbons (Fsp3) is 0.471. The van der Waals surface area contributed by atoms with Gasteiger partial charge in [0.15, 0.2) is 0 Å². The molecule has 1 saturated heterocycles. The summed E-state index contributed by atoms with van der Waals surface area (Å²) in [6.45, 7) is 1.77. The van der Waals surface area contributed by atoms with Crippen molar-refractivity contribution in [2.45, 2.75) is 31.1 Å². The molecule has 0 bridgehead atoms. The summed E-state index contributed by atoms with van der Waals surface area (Å²) < 4.78 is 26.7. The molecule has 0 radical (unpaired) electrons. The third kappa shape index (κ3) is 5.76. The zero-order valence-corrected chi connectivity index (χ0v) is 15.8. The number of hydrogen-bond donors (Lipinski definition) is 2. The second-order valence-corrected chi connectivity index (χ2v) is 8.23. The molecule has 2 N–H and O–H groups in total. The topological polar surface area (TPSA) is 136 Å². The van der Waals surface area contributed by atoms with Crippen LogP contribution in [0.3, 0.4) is 0 Å². The van der Waals surface area contributed by atoms with Gasteiger partial charge in [-0.3, -0.25) is 9.59 Å². The molecular formula is C17H22N3O6S-. The van der Waals surface area contributed by atoms with Gasteiger partial charge in [-0.05, 0) is 37.1 Å². The van der Waals surface area contributed by atoms with Gasteiger partial charge in [-0.2, -0.15) is 4.31 Å². The number of nitrogens with one attached hydrogen (secondary N) is 2. The summed E-state index contributed by atoms with van der Waals surface area (Å²) in [5.74, 6) is -2.10. The maximum Gasteiger partial charge on any atom is 0.243 e. The normalized spacial score (nSPS) is 15.9. The van der Waals surface area contributed by atoms with Gasteiger partial charge in [0.1, 0.15) is 0 Å². The molecule has 0 spiro atoms. The predicted molar refractivity (Wildman–Crippen MR) is 94.9 cm³/mol. The Morgan fingerprint density at radius 3 is 2.26 bits per heavy atom. The maximum absolute atomic E-state index is 12.7. The number of hydrogen-bond acceptors (Lipinski definition) is 6. The van der Waals surface area contributed by atoms with E-state index in [1.807, 2.05) is 0 Å². The third-order valence-electron chi connectivity index (χ3n) is 4.27. The molecule has 0 atom stereocenters. The standard InChI is InChI=1S/C17H23N3O6S/c1-12(21)19-14-2-4-15(5-3-14)27(25,26)20-10-7-13(8-11-20)17(24)18-9-6-16(22)23/h2-5,13H,6-11H2,1H3,(H,18,24)(H,19,21)(H,22,23)/p-1. The molecule has 0 unspecified atom stereocenters. The predicted octanol–water partition coefficient (Wildman–Crippen LogP) is -0.698. The molecular weight excluding hydrogens is 374 g/mol. The van der Waals surface area contributed by atoms with Crippen LogP contribution in [0, 0.1) is 5.92 Å². The summed E-state index contributed by atoms with van der Waals surface area (Å²) in [5, 5.41) is 15.5. The van der Waals surface area contributed by atoms with Crippen molar-refractivity contribution in [1.29, 1.82) is 0 Å². The van der Waals surface area contributed by atoms with Crippen LogP contribution in [0.15, 0.2) is 29.2 Å². The Morgan fingerprint density at radius 1 is 1.15 bits per heavy atom. The number of carboxylic acids is 1. The highest BCUT2D eigenvalue weighted by Gasteiger charge is 2.31. The molecule has 1 heterocycles. The lowest BCUT2D eigenvalue weighted by atomic mass is 9.97. The Balaban J connectivity index is 1.93. The number of aliphatic carboxylic acids is 1. The molecule has 1 aliphatic rings. The molecule has 27 heavy (non-hydrogen) atoms. The van der Waals surface area contributed by atoms with E-state index in [0.717, 1.165) is 0 Å². The summed E-state index contributed by atoms with van der Waals surface area (Å²) >= 11 is 0. The summed E-state index contributed by atoms with van der Waals surface area (Å²) in [7, 11) is -3.68. The molecule has 1 fully saturated rings. The van der Waals surface area contributed by atoms with Gasteiger partial charge in [0.25, 0.3) is 0 Å². The van der Waals surface area contributed by atoms with E-state index in [1.54, 1.807) is 0 Å². The number of piperidine rings is 1. The summed E-state index contributed by atoms with van der Waals surface area (Å²) in [5.41, 5.74) is 0.508. The van der Waals surface area contributed by atoms with Crippen LogP contribution < -0.4 is 15.7 Å². The number of carbonyl (C=O) groups is 3. The van der Waals surface area contributed by atoms with Gasteiger partial charge in [-0.25, -0.2) is 8.42 Å². The third-order valence-corrected chi connectivity index (χ3v) is 6.18. The van der Waals surface area contributed by atoms with Gasteiger partial charge < -0.3 is 20.5 Å². The number of rotatable bonds is 7. The van der Waals surface area contributed by atoms with Crippen molar-refractivity contribution in [1.82, 2.24) is 9.62 Å². The van der Waals surface area contributed by atoms with E-state index in [4.69, 9.17) is 0 Å². The number of anilines is 1. The summed E-state index contributed by atoms with van der Waals surface area (Å²) in [4.78, 5) is 33.5. The fourth-order valence-electron chi connectivity index (χ4n) is 2.85. The number of carbonyl (C=O) groups excluding carboxylic acids is 3. The molecule has 1 aromatic carbocycles. The molecule has 1 aliphatic heterocycles.